The molecular formula is C25H34N2O. The number of ether oxygens (including phenoxy) is 1. The molecule has 0 spiro atoms. The number of rotatable bonds is 5. The van der Waals surface area contributed by atoms with Gasteiger partial charge in [0.2, 0.25) is 0 Å². The molecule has 0 N–H and O–H groups in total. The fourth-order valence-electron chi connectivity index (χ4n) is 4.67. The molecule has 4 rings (SSSR count). The number of hydrogen-bond donors (Lipinski definition) is 0. The van der Waals surface area contributed by atoms with Gasteiger partial charge in [0.1, 0.15) is 0 Å². The smallest absolute Gasteiger partial charge is 0.0606 e. The van der Waals surface area contributed by atoms with E-state index in [4.69, 9.17) is 4.74 Å². The molecule has 2 fully saturated rings. The topological polar surface area (TPSA) is 15.7 Å². The second-order valence-corrected chi connectivity index (χ2v) is 9.30. The molecule has 2 aliphatic heterocycles. The predicted molar refractivity (Wildman–Crippen MR) is 116 cm³/mol. The number of nitrogens with zero attached hydrogens (tertiary/aromatic N) is 2. The Kier molecular flexibility index (Phi) is 5.86. The van der Waals surface area contributed by atoms with Crippen LogP contribution in [0.3, 0.4) is 0 Å². The monoisotopic (exact) mass is 378 g/mol. The molecule has 0 bridgehead atoms. The van der Waals surface area contributed by atoms with Crippen molar-refractivity contribution in [3.8, 4) is 0 Å². The highest BCUT2D eigenvalue weighted by molar-refractivity contribution is 5.32. The molecule has 0 aromatic heterocycles. The van der Waals surface area contributed by atoms with E-state index in [0.29, 0.717) is 18.2 Å². The van der Waals surface area contributed by atoms with E-state index in [1.807, 2.05) is 0 Å². The van der Waals surface area contributed by atoms with Crippen molar-refractivity contribution in [3.05, 3.63) is 71.8 Å². The van der Waals surface area contributed by atoms with Crippen LogP contribution in [0.25, 0.3) is 0 Å². The van der Waals surface area contributed by atoms with Crippen molar-refractivity contribution in [1.82, 2.24) is 9.80 Å². The maximum absolute atomic E-state index is 6.20. The lowest BCUT2D eigenvalue weighted by Crippen LogP contribution is -2.61. The van der Waals surface area contributed by atoms with E-state index in [1.54, 1.807) is 0 Å². The molecule has 3 heteroatoms. The van der Waals surface area contributed by atoms with Gasteiger partial charge in [0.15, 0.2) is 0 Å². The Hall–Kier alpha value is -1.68. The molecule has 2 aromatic carbocycles. The number of hydrogen-bond acceptors (Lipinski definition) is 3. The summed E-state index contributed by atoms with van der Waals surface area (Å²) in [6.45, 7) is 11.1. The largest absolute Gasteiger partial charge is 0.373 e. The zero-order chi connectivity index (χ0) is 19.6. The molecule has 0 atom stereocenters. The molecule has 28 heavy (non-hydrogen) atoms. The van der Waals surface area contributed by atoms with Crippen LogP contribution in [0.5, 0.6) is 0 Å². The van der Waals surface area contributed by atoms with Crippen LogP contribution in [-0.2, 0) is 4.74 Å². The van der Waals surface area contributed by atoms with Gasteiger partial charge in [-0.2, -0.15) is 0 Å². The van der Waals surface area contributed by atoms with Crippen molar-refractivity contribution in [3.63, 3.8) is 0 Å². The van der Waals surface area contributed by atoms with Crippen LogP contribution in [0.15, 0.2) is 60.7 Å². The summed E-state index contributed by atoms with van der Waals surface area (Å²) in [6.07, 6.45) is 2.75. The highest BCUT2D eigenvalue weighted by Gasteiger charge is 2.38. The molecule has 2 aliphatic rings. The van der Waals surface area contributed by atoms with Crippen LogP contribution in [0.2, 0.25) is 0 Å². The van der Waals surface area contributed by atoms with Crippen LogP contribution < -0.4 is 0 Å². The highest BCUT2D eigenvalue weighted by Crippen LogP contribution is 2.34. The minimum atomic E-state index is -0.0291. The molecule has 0 amide bonds. The van der Waals surface area contributed by atoms with Crippen LogP contribution in [0.1, 0.15) is 50.8 Å². The maximum atomic E-state index is 6.20. The van der Waals surface area contributed by atoms with Gasteiger partial charge in [-0.1, -0.05) is 60.7 Å². The summed E-state index contributed by atoms with van der Waals surface area (Å²) in [6, 6.07) is 22.9. The zero-order valence-corrected chi connectivity index (χ0v) is 17.6. The van der Waals surface area contributed by atoms with Crippen LogP contribution >= 0.6 is 0 Å². The van der Waals surface area contributed by atoms with Gasteiger partial charge < -0.3 is 4.74 Å². The van der Waals surface area contributed by atoms with Crippen molar-refractivity contribution in [2.75, 3.05) is 26.2 Å². The first-order valence-electron chi connectivity index (χ1n) is 10.8. The zero-order valence-electron chi connectivity index (χ0n) is 17.6. The Balaban J connectivity index is 1.37. The molecule has 0 unspecified atom stereocenters. The maximum Gasteiger partial charge on any atom is 0.0606 e. The Bertz CT molecular complexity index is 687. The lowest BCUT2D eigenvalue weighted by molar-refractivity contribution is -0.0944. The Labute approximate surface area is 170 Å². The van der Waals surface area contributed by atoms with E-state index in [0.717, 1.165) is 25.9 Å². The number of piperidine rings is 1. The summed E-state index contributed by atoms with van der Waals surface area (Å²) >= 11 is 0. The van der Waals surface area contributed by atoms with Gasteiger partial charge in [-0.3, -0.25) is 9.80 Å². The van der Waals surface area contributed by atoms with E-state index in [9.17, 15) is 0 Å². The van der Waals surface area contributed by atoms with Crippen molar-refractivity contribution >= 4 is 0 Å². The second kappa shape index (κ2) is 8.36. The summed E-state index contributed by atoms with van der Waals surface area (Å²) in [7, 11) is 0. The third kappa shape index (κ3) is 4.65. The first kappa shape index (κ1) is 19.6. The first-order valence-corrected chi connectivity index (χ1v) is 10.8. The summed E-state index contributed by atoms with van der Waals surface area (Å²) in [5, 5.41) is 0. The Morgan fingerprint density at radius 1 is 0.821 bits per heavy atom. The average molecular weight is 379 g/mol. The molecule has 2 saturated heterocycles. The molecule has 2 aromatic rings. The van der Waals surface area contributed by atoms with Crippen LogP contribution in [0, 0.1) is 0 Å². The molecule has 0 radical (unpaired) electrons. The summed E-state index contributed by atoms with van der Waals surface area (Å²) in [5.74, 6) is 0. The lowest BCUT2D eigenvalue weighted by atomic mass is 9.92. The summed E-state index contributed by atoms with van der Waals surface area (Å²) in [4.78, 5) is 5.32. The molecule has 0 aliphatic carbocycles. The fraction of sp³-hybridized carbons (Fsp3) is 0.520. The lowest BCUT2D eigenvalue weighted by Gasteiger charge is -2.51. The van der Waals surface area contributed by atoms with Crippen LogP contribution in [0.4, 0.5) is 0 Å². The Morgan fingerprint density at radius 3 is 1.79 bits per heavy atom. The molecule has 3 nitrogen and oxygen atoms in total. The van der Waals surface area contributed by atoms with E-state index >= 15 is 0 Å². The summed E-state index contributed by atoms with van der Waals surface area (Å²) in [5.41, 5.74) is 2.76. The van der Waals surface area contributed by atoms with Gasteiger partial charge in [-0.05, 0) is 44.7 Å². The van der Waals surface area contributed by atoms with E-state index in [-0.39, 0.29) is 5.60 Å². The number of benzene rings is 2. The molecule has 150 valence electrons. The van der Waals surface area contributed by atoms with Gasteiger partial charge in [0.05, 0.1) is 17.7 Å². The standard InChI is InChI=1S/C25H34N2O/c1-25(2,3)28-23-14-16-26(17-15-23)22-18-27(19-22)24(20-10-6-4-7-11-20)21-12-8-5-9-13-21/h4-13,22-24H,14-19H2,1-3H3. The van der Waals surface area contributed by atoms with Crippen LogP contribution in [-0.4, -0.2) is 53.7 Å². The van der Waals surface area contributed by atoms with Crippen molar-refractivity contribution in [2.45, 2.75) is 57.4 Å². The predicted octanol–water partition coefficient (Wildman–Crippen LogP) is 4.74. The molecule has 0 saturated carbocycles. The fourth-order valence-corrected chi connectivity index (χ4v) is 4.67. The van der Waals surface area contributed by atoms with E-state index in [1.165, 1.54) is 24.2 Å². The van der Waals surface area contributed by atoms with E-state index < -0.39 is 0 Å². The minimum absolute atomic E-state index is 0.0291. The SMILES string of the molecule is CC(C)(C)OC1CCN(C2CN(C(c3ccccc3)c3ccccc3)C2)CC1. The number of likely N-dealkylation sites (tertiary alicyclic amines) is 2. The Morgan fingerprint density at radius 2 is 1.32 bits per heavy atom. The van der Waals surface area contributed by atoms with E-state index in [2.05, 4.69) is 91.2 Å². The van der Waals surface area contributed by atoms with Crippen molar-refractivity contribution in [2.24, 2.45) is 0 Å². The second-order valence-electron chi connectivity index (χ2n) is 9.30. The third-order valence-electron chi connectivity index (χ3n) is 6.00. The van der Waals surface area contributed by atoms with Gasteiger partial charge in [0.25, 0.3) is 0 Å². The quantitative estimate of drug-likeness (QED) is 0.747. The molecule has 2 heterocycles. The van der Waals surface area contributed by atoms with Gasteiger partial charge >= 0.3 is 0 Å². The molecular weight excluding hydrogens is 344 g/mol. The normalized spacial score (nSPS) is 20.4. The van der Waals surface area contributed by atoms with Crippen molar-refractivity contribution in [1.29, 1.82) is 0 Å². The minimum Gasteiger partial charge on any atom is -0.373 e. The third-order valence-corrected chi connectivity index (χ3v) is 6.00. The first-order chi connectivity index (χ1) is 13.5. The van der Waals surface area contributed by atoms with Gasteiger partial charge in [0, 0.05) is 32.2 Å². The average Bonchev–Trinajstić information content (AvgIpc) is 2.65. The van der Waals surface area contributed by atoms with Crippen molar-refractivity contribution < 1.29 is 4.74 Å². The van der Waals surface area contributed by atoms with Gasteiger partial charge in [-0.15, -0.1) is 0 Å². The summed E-state index contributed by atoms with van der Waals surface area (Å²) < 4.78 is 6.20. The van der Waals surface area contributed by atoms with Gasteiger partial charge in [-0.25, -0.2) is 0 Å². The highest BCUT2D eigenvalue weighted by atomic mass is 16.5.